The second-order valence-electron chi connectivity index (χ2n) is 21.9. The summed E-state index contributed by atoms with van der Waals surface area (Å²) in [5.41, 5.74) is 23.3. The summed E-state index contributed by atoms with van der Waals surface area (Å²) in [7, 11) is 0. The third-order valence-corrected chi connectivity index (χ3v) is 17.6. The van der Waals surface area contributed by atoms with Crippen molar-refractivity contribution in [3.05, 3.63) is 305 Å². The number of aryl methyl sites for hydroxylation is 2. The van der Waals surface area contributed by atoms with Gasteiger partial charge in [-0.2, -0.15) is 0 Å². The fourth-order valence-electron chi connectivity index (χ4n) is 14.1. The molecule has 364 valence electrons. The first-order valence-corrected chi connectivity index (χ1v) is 27.2. The minimum atomic E-state index is -0.550. The van der Waals surface area contributed by atoms with E-state index in [1.54, 1.807) is 0 Å². The summed E-state index contributed by atoms with van der Waals surface area (Å²) in [6.07, 6.45) is 0. The van der Waals surface area contributed by atoms with Crippen LogP contribution in [0.3, 0.4) is 0 Å². The van der Waals surface area contributed by atoms with E-state index in [0.29, 0.717) is 0 Å². The molecule has 0 N–H and O–H groups in total. The van der Waals surface area contributed by atoms with Crippen molar-refractivity contribution in [2.45, 2.75) is 38.5 Å². The molecule has 0 amide bonds. The average Bonchev–Trinajstić information content (AvgIpc) is 4.17. The first kappa shape index (κ1) is 45.1. The zero-order chi connectivity index (χ0) is 51.6. The maximum Gasteiger partial charge on any atom is 0.0719 e. The Kier molecular flexibility index (Phi) is 10.0. The molecule has 0 radical (unpaired) electrons. The second kappa shape index (κ2) is 17.1. The number of rotatable bonds is 7. The molecule has 0 spiro atoms. The number of anilines is 3. The van der Waals surface area contributed by atoms with Crippen LogP contribution in [0.5, 0.6) is 0 Å². The monoisotopic (exact) mass is 981 g/mol. The van der Waals surface area contributed by atoms with Crippen LogP contribution in [-0.2, 0) is 10.8 Å². The van der Waals surface area contributed by atoms with Crippen LogP contribution in [0, 0.1) is 13.8 Å². The maximum atomic E-state index is 2.52. The van der Waals surface area contributed by atoms with Gasteiger partial charge in [0.1, 0.15) is 0 Å². The van der Waals surface area contributed by atoms with Crippen molar-refractivity contribution in [2.75, 3.05) is 4.90 Å². The van der Waals surface area contributed by atoms with Gasteiger partial charge in [0, 0.05) is 21.9 Å². The van der Waals surface area contributed by atoms with Gasteiger partial charge in [0.05, 0.1) is 16.8 Å². The minimum Gasteiger partial charge on any atom is -0.309 e. The highest BCUT2D eigenvalue weighted by molar-refractivity contribution is 6.22. The molecule has 1 nitrogen and oxygen atoms in total. The summed E-state index contributed by atoms with van der Waals surface area (Å²) in [6, 6.07) is 98.4. The lowest BCUT2D eigenvalue weighted by Gasteiger charge is -2.35. The van der Waals surface area contributed by atoms with Crippen molar-refractivity contribution in [1.29, 1.82) is 0 Å². The average molecular weight is 982 g/mol. The molecule has 0 atom stereocenters. The van der Waals surface area contributed by atoms with E-state index in [1.165, 1.54) is 143 Å². The van der Waals surface area contributed by atoms with Gasteiger partial charge in [0.15, 0.2) is 0 Å². The quantitative estimate of drug-likeness (QED) is 0.144. The van der Waals surface area contributed by atoms with Crippen LogP contribution in [0.15, 0.2) is 261 Å². The Hall–Kier alpha value is -9.30. The van der Waals surface area contributed by atoms with E-state index in [4.69, 9.17) is 0 Å². The third kappa shape index (κ3) is 6.47. The lowest BCUT2D eigenvalue weighted by Crippen LogP contribution is -2.29. The Labute approximate surface area is 451 Å². The highest BCUT2D eigenvalue weighted by Gasteiger charge is 2.48. The van der Waals surface area contributed by atoms with Gasteiger partial charge in [0.2, 0.25) is 0 Å². The number of benzene rings is 13. The summed E-state index contributed by atoms with van der Waals surface area (Å²) in [6.45, 7) is 9.29. The van der Waals surface area contributed by atoms with Crippen LogP contribution in [0.4, 0.5) is 17.1 Å². The smallest absolute Gasteiger partial charge is 0.0719 e. The third-order valence-electron chi connectivity index (χ3n) is 17.6. The maximum absolute atomic E-state index is 2.52. The Morgan fingerprint density at radius 2 is 0.727 bits per heavy atom. The molecule has 2 aliphatic carbocycles. The molecular formula is C76H55N. The van der Waals surface area contributed by atoms with Gasteiger partial charge >= 0.3 is 0 Å². The van der Waals surface area contributed by atoms with Crippen LogP contribution in [-0.4, -0.2) is 0 Å². The van der Waals surface area contributed by atoms with Gasteiger partial charge < -0.3 is 4.90 Å². The molecule has 0 unspecified atom stereocenters. The van der Waals surface area contributed by atoms with Gasteiger partial charge in [0.25, 0.3) is 0 Å². The lowest BCUT2D eigenvalue weighted by atomic mass is 9.65. The molecule has 0 aliphatic heterocycles. The van der Waals surface area contributed by atoms with Gasteiger partial charge in [-0.05, 0) is 166 Å². The van der Waals surface area contributed by atoms with Crippen molar-refractivity contribution in [3.8, 4) is 44.5 Å². The van der Waals surface area contributed by atoms with E-state index < -0.39 is 5.41 Å². The van der Waals surface area contributed by atoms with Crippen molar-refractivity contribution in [1.82, 2.24) is 0 Å². The normalized spacial score (nSPS) is 13.7. The predicted octanol–water partition coefficient (Wildman–Crippen LogP) is 20.4. The predicted molar refractivity (Wildman–Crippen MR) is 326 cm³/mol. The van der Waals surface area contributed by atoms with Crippen LogP contribution in [0.1, 0.15) is 58.4 Å². The van der Waals surface area contributed by atoms with Crippen molar-refractivity contribution in [3.63, 3.8) is 0 Å². The molecule has 0 bridgehead atoms. The van der Waals surface area contributed by atoms with E-state index in [9.17, 15) is 0 Å². The van der Waals surface area contributed by atoms with Gasteiger partial charge in [-0.3, -0.25) is 0 Å². The van der Waals surface area contributed by atoms with Crippen LogP contribution < -0.4 is 4.90 Å². The van der Waals surface area contributed by atoms with E-state index >= 15 is 0 Å². The molecule has 2 aliphatic rings. The molecule has 1 heteroatoms. The summed E-state index contributed by atoms with van der Waals surface area (Å²) in [5, 5.41) is 10.0. The molecule has 13 aromatic rings. The SMILES string of the molecule is Cc1ccc(N(c2ccc3c(c2)C(C)(C)c2cc(-c4c5ccccc5c(-c5cccc6c5C(c5ccccc5)(c5ccccc5)c5ccccc5-6)c5ccccc45)ccc2-3)c2ccc(C)c3ccccc23)c2ccccc12. The molecular weight excluding hydrogens is 927 g/mol. The lowest BCUT2D eigenvalue weighted by molar-refractivity contribution is 0.660. The molecule has 15 rings (SSSR count). The second-order valence-corrected chi connectivity index (χ2v) is 21.9. The van der Waals surface area contributed by atoms with Crippen LogP contribution >= 0.6 is 0 Å². The molecule has 13 aromatic carbocycles. The van der Waals surface area contributed by atoms with Crippen molar-refractivity contribution in [2.24, 2.45) is 0 Å². The first-order valence-electron chi connectivity index (χ1n) is 27.2. The zero-order valence-electron chi connectivity index (χ0n) is 43.8. The van der Waals surface area contributed by atoms with Crippen molar-refractivity contribution >= 4 is 60.2 Å². The Morgan fingerprint density at radius 3 is 1.30 bits per heavy atom. The molecule has 0 saturated carbocycles. The Morgan fingerprint density at radius 1 is 0.299 bits per heavy atom. The topological polar surface area (TPSA) is 3.24 Å². The minimum absolute atomic E-state index is 0.295. The standard InChI is InChI=1S/C76H55N/c1-48-38-44-70(59-29-13-11-26-54(48)59)77(71-45-39-49(2)55-27-12-14-30-60(55)71)53-41-43-58-57-42-40-50(46-68(57)75(3,4)69(58)47-53)72-61-31-15-17-33-63(61)73(64-34-18-16-32-62(64)72)66-36-21-35-65-56-28-19-20-37-67(56)76(74(65)66,51-22-7-5-8-23-51)52-24-9-6-10-25-52/h5-47H,1-4H3. The largest absolute Gasteiger partial charge is 0.309 e. The molecule has 77 heavy (non-hydrogen) atoms. The summed E-state index contributed by atoms with van der Waals surface area (Å²) in [4.78, 5) is 2.51. The number of hydrogen-bond acceptors (Lipinski definition) is 1. The molecule has 0 aromatic heterocycles. The summed E-state index contributed by atoms with van der Waals surface area (Å²) < 4.78 is 0. The number of hydrogen-bond donors (Lipinski definition) is 0. The highest BCUT2D eigenvalue weighted by Crippen LogP contribution is 2.60. The highest BCUT2D eigenvalue weighted by atomic mass is 15.1. The number of fused-ring (bicyclic) bond motifs is 10. The van der Waals surface area contributed by atoms with Gasteiger partial charge in [-0.1, -0.05) is 244 Å². The van der Waals surface area contributed by atoms with E-state index in [1.807, 2.05) is 0 Å². The summed E-state index contributed by atoms with van der Waals surface area (Å²) >= 11 is 0. The Bertz CT molecular complexity index is 4380. The fourth-order valence-corrected chi connectivity index (χ4v) is 14.1. The van der Waals surface area contributed by atoms with Gasteiger partial charge in [-0.15, -0.1) is 0 Å². The van der Waals surface area contributed by atoms with E-state index in [-0.39, 0.29) is 5.41 Å². The van der Waals surface area contributed by atoms with E-state index in [0.717, 1.165) is 5.69 Å². The van der Waals surface area contributed by atoms with Crippen molar-refractivity contribution < 1.29 is 0 Å². The molecule has 0 fully saturated rings. The zero-order valence-corrected chi connectivity index (χ0v) is 43.8. The molecule has 0 saturated heterocycles. The fraction of sp³-hybridized carbons (Fsp3) is 0.0789. The molecule has 0 heterocycles. The first-order chi connectivity index (χ1) is 37.8. The van der Waals surface area contributed by atoms with E-state index in [2.05, 4.69) is 293 Å². The Balaban J connectivity index is 0.921. The summed E-state index contributed by atoms with van der Waals surface area (Å²) in [5.74, 6) is 0. The van der Waals surface area contributed by atoms with Gasteiger partial charge in [-0.25, -0.2) is 0 Å². The van der Waals surface area contributed by atoms with Crippen LogP contribution in [0.25, 0.3) is 87.6 Å². The van der Waals surface area contributed by atoms with Crippen LogP contribution in [0.2, 0.25) is 0 Å². The number of nitrogens with zero attached hydrogens (tertiary/aromatic N) is 1.